The third kappa shape index (κ3) is 1.48. The summed E-state index contributed by atoms with van der Waals surface area (Å²) < 4.78 is 5.55. The molecule has 0 aromatic rings. The van der Waals surface area contributed by atoms with Crippen LogP contribution in [0.25, 0.3) is 0 Å². The van der Waals surface area contributed by atoms with Crippen LogP contribution in [0.5, 0.6) is 0 Å². The first-order chi connectivity index (χ1) is 4.95. The van der Waals surface area contributed by atoms with E-state index in [1.807, 2.05) is 0 Å². The van der Waals surface area contributed by atoms with E-state index >= 15 is 0 Å². The minimum Gasteiger partial charge on any atom is -0.381 e. The van der Waals surface area contributed by atoms with Gasteiger partial charge in [-0.1, -0.05) is 0 Å². The average molecular weight is 158 g/mol. The Labute approximate surface area is 66.5 Å². The van der Waals surface area contributed by atoms with E-state index in [-0.39, 0.29) is 0 Å². The number of hydrogen-bond acceptors (Lipinski definition) is 2. The summed E-state index contributed by atoms with van der Waals surface area (Å²) in [6.07, 6.45) is 2.83. The predicted octanol–water partition coefficient (Wildman–Crippen LogP) is 1.78. The number of fused-ring (bicyclic) bond motifs is 3. The normalized spacial score (nSPS) is 40.8. The molecule has 2 rings (SSSR count). The molecule has 0 amide bonds. The third-order valence-electron chi connectivity index (χ3n) is 2.40. The van der Waals surface area contributed by atoms with Gasteiger partial charge in [0.1, 0.15) is 0 Å². The van der Waals surface area contributed by atoms with Crippen LogP contribution in [0.4, 0.5) is 0 Å². The van der Waals surface area contributed by atoms with Crippen molar-refractivity contribution in [2.45, 2.75) is 12.8 Å². The lowest BCUT2D eigenvalue weighted by Gasteiger charge is -2.15. The first kappa shape index (κ1) is 6.99. The predicted molar refractivity (Wildman–Crippen MR) is 44.4 cm³/mol. The molecule has 58 valence electrons. The van der Waals surface area contributed by atoms with E-state index in [1.165, 1.54) is 24.3 Å². The Kier molecular flexibility index (Phi) is 2.19. The van der Waals surface area contributed by atoms with Gasteiger partial charge in [0, 0.05) is 0 Å². The fourth-order valence-electron chi connectivity index (χ4n) is 1.70. The molecule has 0 aromatic carbocycles. The van der Waals surface area contributed by atoms with Crippen LogP contribution in [0.15, 0.2) is 0 Å². The summed E-state index contributed by atoms with van der Waals surface area (Å²) in [5, 5.41) is 0. The van der Waals surface area contributed by atoms with Crippen molar-refractivity contribution in [3.63, 3.8) is 0 Å². The molecule has 2 bridgehead atoms. The van der Waals surface area contributed by atoms with E-state index in [2.05, 4.69) is 11.8 Å². The highest BCUT2D eigenvalue weighted by atomic mass is 32.2. The van der Waals surface area contributed by atoms with Crippen LogP contribution in [-0.2, 0) is 4.74 Å². The highest BCUT2D eigenvalue weighted by Gasteiger charge is 2.23. The Morgan fingerprint density at radius 3 is 2.20 bits per heavy atom. The highest BCUT2D eigenvalue weighted by molar-refractivity contribution is 7.99. The molecule has 2 fully saturated rings. The second kappa shape index (κ2) is 3.14. The van der Waals surface area contributed by atoms with Gasteiger partial charge >= 0.3 is 0 Å². The lowest BCUT2D eigenvalue weighted by atomic mass is 10.0. The second-order valence-electron chi connectivity index (χ2n) is 3.38. The Bertz CT molecular complexity index is 93.8. The van der Waals surface area contributed by atoms with E-state index in [0.717, 1.165) is 25.0 Å². The minimum atomic E-state index is 0.873. The molecule has 1 nitrogen and oxygen atoms in total. The molecular weight excluding hydrogens is 144 g/mol. The van der Waals surface area contributed by atoms with Crippen molar-refractivity contribution in [2.24, 2.45) is 11.8 Å². The molecule has 0 spiro atoms. The summed E-state index contributed by atoms with van der Waals surface area (Å²) >= 11 is 2.13. The van der Waals surface area contributed by atoms with Crippen molar-refractivity contribution in [1.29, 1.82) is 0 Å². The maximum Gasteiger partial charge on any atom is 0.0502 e. The van der Waals surface area contributed by atoms with Gasteiger partial charge in [0.15, 0.2) is 0 Å². The van der Waals surface area contributed by atoms with Crippen molar-refractivity contribution >= 4 is 11.8 Å². The van der Waals surface area contributed by atoms with E-state index in [9.17, 15) is 0 Å². The van der Waals surface area contributed by atoms with Gasteiger partial charge in [-0.05, 0) is 36.2 Å². The molecule has 10 heavy (non-hydrogen) atoms. The van der Waals surface area contributed by atoms with E-state index in [1.54, 1.807) is 0 Å². The van der Waals surface area contributed by atoms with E-state index in [4.69, 9.17) is 4.74 Å². The van der Waals surface area contributed by atoms with E-state index < -0.39 is 0 Å². The van der Waals surface area contributed by atoms with Gasteiger partial charge in [-0.25, -0.2) is 0 Å². The molecule has 2 saturated heterocycles. The monoisotopic (exact) mass is 158 g/mol. The van der Waals surface area contributed by atoms with Crippen LogP contribution >= 0.6 is 11.8 Å². The number of thioether (sulfide) groups is 1. The summed E-state index contributed by atoms with van der Waals surface area (Å²) in [5.74, 6) is 4.43. The smallest absolute Gasteiger partial charge is 0.0502 e. The molecule has 2 heterocycles. The molecule has 0 aromatic heterocycles. The fourth-order valence-corrected chi connectivity index (χ4v) is 3.03. The Morgan fingerprint density at radius 2 is 1.60 bits per heavy atom. The largest absolute Gasteiger partial charge is 0.381 e. The van der Waals surface area contributed by atoms with Gasteiger partial charge < -0.3 is 4.74 Å². The molecule has 2 aliphatic heterocycles. The molecule has 0 aliphatic carbocycles. The van der Waals surface area contributed by atoms with Gasteiger partial charge in [0.2, 0.25) is 0 Å². The molecular formula is C8H14OS. The molecule has 0 radical (unpaired) electrons. The summed E-state index contributed by atoms with van der Waals surface area (Å²) in [7, 11) is 0. The molecule has 0 saturated carbocycles. The van der Waals surface area contributed by atoms with Crippen LogP contribution in [0.3, 0.4) is 0 Å². The zero-order valence-corrected chi connectivity index (χ0v) is 7.03. The van der Waals surface area contributed by atoms with Crippen LogP contribution in [0.2, 0.25) is 0 Å². The summed E-state index contributed by atoms with van der Waals surface area (Å²) in [5.41, 5.74) is 0. The lowest BCUT2D eigenvalue weighted by molar-refractivity contribution is 0.102. The summed E-state index contributed by atoms with van der Waals surface area (Å²) in [6.45, 7) is 2.06. The van der Waals surface area contributed by atoms with Gasteiger partial charge in [-0.2, -0.15) is 11.8 Å². The fraction of sp³-hybridized carbons (Fsp3) is 1.00. The first-order valence-corrected chi connectivity index (χ1v) is 5.26. The Hall–Kier alpha value is 0.310. The van der Waals surface area contributed by atoms with Crippen LogP contribution in [0, 0.1) is 11.8 Å². The number of ether oxygens (including phenoxy) is 1. The molecule has 2 atom stereocenters. The molecule has 2 heteroatoms. The van der Waals surface area contributed by atoms with Crippen LogP contribution < -0.4 is 0 Å². The van der Waals surface area contributed by atoms with Crippen LogP contribution in [-0.4, -0.2) is 24.7 Å². The Morgan fingerprint density at radius 1 is 1.00 bits per heavy atom. The summed E-state index contributed by atoms with van der Waals surface area (Å²) in [6, 6.07) is 0. The Balaban J connectivity index is 2.01. The maximum atomic E-state index is 5.55. The van der Waals surface area contributed by atoms with Crippen LogP contribution in [0.1, 0.15) is 12.8 Å². The zero-order valence-electron chi connectivity index (χ0n) is 6.21. The summed E-state index contributed by atoms with van der Waals surface area (Å²) in [4.78, 5) is 0. The number of hydrogen-bond donors (Lipinski definition) is 0. The van der Waals surface area contributed by atoms with E-state index in [0.29, 0.717) is 0 Å². The van der Waals surface area contributed by atoms with Crippen molar-refractivity contribution in [3.8, 4) is 0 Å². The second-order valence-corrected chi connectivity index (χ2v) is 4.46. The van der Waals surface area contributed by atoms with Crippen molar-refractivity contribution in [1.82, 2.24) is 0 Å². The van der Waals surface area contributed by atoms with Gasteiger partial charge in [0.25, 0.3) is 0 Å². The minimum absolute atomic E-state index is 0.873. The number of rotatable bonds is 0. The van der Waals surface area contributed by atoms with Crippen molar-refractivity contribution in [2.75, 3.05) is 24.7 Å². The SMILES string of the molecule is C1CC2COCC1CSC2. The molecule has 2 unspecified atom stereocenters. The quantitative estimate of drug-likeness (QED) is 0.531. The van der Waals surface area contributed by atoms with Gasteiger partial charge in [-0.15, -0.1) is 0 Å². The average Bonchev–Trinajstić information content (AvgIpc) is 2.17. The van der Waals surface area contributed by atoms with Crippen molar-refractivity contribution < 1.29 is 4.74 Å². The zero-order chi connectivity index (χ0) is 6.81. The molecule has 2 aliphatic rings. The third-order valence-corrected chi connectivity index (χ3v) is 3.81. The highest BCUT2D eigenvalue weighted by Crippen LogP contribution is 2.29. The standard InChI is InChI=1S/C8H14OS/c1-2-8-4-9-3-7(1)5-10-6-8/h7-8H,1-6H2. The van der Waals surface area contributed by atoms with Gasteiger partial charge in [0.05, 0.1) is 13.2 Å². The topological polar surface area (TPSA) is 9.23 Å². The maximum absolute atomic E-state index is 5.55. The molecule has 0 N–H and O–H groups in total. The van der Waals surface area contributed by atoms with Gasteiger partial charge in [-0.3, -0.25) is 0 Å². The van der Waals surface area contributed by atoms with Crippen molar-refractivity contribution in [3.05, 3.63) is 0 Å². The first-order valence-electron chi connectivity index (χ1n) is 4.10. The lowest BCUT2D eigenvalue weighted by Crippen LogP contribution is -2.14.